The van der Waals surface area contributed by atoms with Crippen molar-refractivity contribution < 1.29 is 17.7 Å². The van der Waals surface area contributed by atoms with E-state index in [1.165, 1.54) is 10.6 Å². The number of anilines is 1. The van der Waals surface area contributed by atoms with Gasteiger partial charge in [-0.25, -0.2) is 8.42 Å². The summed E-state index contributed by atoms with van der Waals surface area (Å²) in [5, 5.41) is 6.99. The third-order valence-corrected chi connectivity index (χ3v) is 6.37. The van der Waals surface area contributed by atoms with Gasteiger partial charge in [-0.1, -0.05) is 19.0 Å². The number of nitrogens with zero attached hydrogens (tertiary/aromatic N) is 4. The molecule has 0 radical (unpaired) electrons. The number of hydrogen-bond donors (Lipinski definition) is 1. The monoisotopic (exact) mass is 441 g/mol. The van der Waals surface area contributed by atoms with E-state index >= 15 is 0 Å². The van der Waals surface area contributed by atoms with Crippen molar-refractivity contribution in [3.05, 3.63) is 59.7 Å². The van der Waals surface area contributed by atoms with Gasteiger partial charge in [-0.05, 0) is 48.2 Å². The fourth-order valence-corrected chi connectivity index (χ4v) is 4.53. The van der Waals surface area contributed by atoms with Gasteiger partial charge in [-0.3, -0.25) is 14.1 Å². The van der Waals surface area contributed by atoms with Gasteiger partial charge in [0.2, 0.25) is 21.7 Å². The molecule has 0 aliphatic carbocycles. The zero-order chi connectivity index (χ0) is 22.2. The van der Waals surface area contributed by atoms with Gasteiger partial charge in [0, 0.05) is 30.1 Å². The molecule has 1 N–H and O–H groups in total. The predicted molar refractivity (Wildman–Crippen MR) is 115 cm³/mol. The molecule has 162 valence electrons. The van der Waals surface area contributed by atoms with Crippen LogP contribution in [0.5, 0.6) is 0 Å². The maximum Gasteiger partial charge on any atom is 0.251 e. The Hall–Kier alpha value is -3.27. The number of aromatic nitrogens is 3. The van der Waals surface area contributed by atoms with E-state index in [2.05, 4.69) is 20.4 Å². The van der Waals surface area contributed by atoms with E-state index in [9.17, 15) is 13.2 Å². The number of sulfonamides is 1. The Bertz CT molecular complexity index is 1210. The molecule has 9 nitrogen and oxygen atoms in total. The second kappa shape index (κ2) is 8.10. The third-order valence-electron chi connectivity index (χ3n) is 5.19. The molecule has 0 spiro atoms. The molecule has 1 amide bonds. The van der Waals surface area contributed by atoms with Gasteiger partial charge >= 0.3 is 0 Å². The SMILES string of the molecule is CC(C)C(NC(=O)c1ccc2c(c1)CCN2S(C)(=O)=O)c1nc(-c2ccncc2)no1. The summed E-state index contributed by atoms with van der Waals surface area (Å²) in [6.07, 6.45) is 5.04. The molecule has 1 atom stereocenters. The van der Waals surface area contributed by atoms with Crippen LogP contribution in [0.3, 0.4) is 0 Å². The zero-order valence-electron chi connectivity index (χ0n) is 17.4. The normalized spacial score (nSPS) is 14.5. The van der Waals surface area contributed by atoms with Gasteiger partial charge < -0.3 is 9.84 Å². The molecule has 31 heavy (non-hydrogen) atoms. The van der Waals surface area contributed by atoms with Crippen LogP contribution in [-0.4, -0.2) is 42.3 Å². The highest BCUT2D eigenvalue weighted by atomic mass is 32.2. The Morgan fingerprint density at radius 3 is 2.61 bits per heavy atom. The zero-order valence-corrected chi connectivity index (χ0v) is 18.3. The largest absolute Gasteiger partial charge is 0.340 e. The molecule has 1 aromatic carbocycles. The van der Waals surface area contributed by atoms with Crippen molar-refractivity contribution in [1.82, 2.24) is 20.4 Å². The first-order valence-corrected chi connectivity index (χ1v) is 11.7. The predicted octanol–water partition coefficient (Wildman–Crippen LogP) is 2.58. The van der Waals surface area contributed by atoms with Crippen LogP contribution in [0.2, 0.25) is 0 Å². The van der Waals surface area contributed by atoms with Crippen molar-refractivity contribution in [2.75, 3.05) is 17.1 Å². The van der Waals surface area contributed by atoms with Crippen LogP contribution in [-0.2, 0) is 16.4 Å². The van der Waals surface area contributed by atoms with Crippen molar-refractivity contribution in [3.8, 4) is 11.4 Å². The van der Waals surface area contributed by atoms with Crippen molar-refractivity contribution in [1.29, 1.82) is 0 Å². The molecule has 0 saturated carbocycles. The molecule has 0 fully saturated rings. The molecule has 10 heteroatoms. The van der Waals surface area contributed by atoms with E-state index < -0.39 is 16.1 Å². The van der Waals surface area contributed by atoms with Gasteiger partial charge in [-0.15, -0.1) is 0 Å². The lowest BCUT2D eigenvalue weighted by atomic mass is 10.0. The summed E-state index contributed by atoms with van der Waals surface area (Å²) in [6.45, 7) is 4.29. The maximum absolute atomic E-state index is 12.9. The average Bonchev–Trinajstić information content (AvgIpc) is 3.38. The number of benzene rings is 1. The Morgan fingerprint density at radius 1 is 1.19 bits per heavy atom. The minimum atomic E-state index is -3.33. The molecule has 4 rings (SSSR count). The summed E-state index contributed by atoms with van der Waals surface area (Å²) in [7, 11) is -3.33. The molecule has 1 aliphatic rings. The first-order chi connectivity index (χ1) is 14.7. The summed E-state index contributed by atoms with van der Waals surface area (Å²) in [5.41, 5.74) is 2.68. The maximum atomic E-state index is 12.9. The van der Waals surface area contributed by atoms with E-state index in [-0.39, 0.29) is 11.8 Å². The van der Waals surface area contributed by atoms with Crippen molar-refractivity contribution >= 4 is 21.6 Å². The van der Waals surface area contributed by atoms with E-state index in [0.29, 0.717) is 35.9 Å². The lowest BCUT2D eigenvalue weighted by Crippen LogP contribution is -2.32. The Labute approximate surface area is 180 Å². The minimum Gasteiger partial charge on any atom is -0.340 e. The molecule has 2 aromatic heterocycles. The molecule has 1 unspecified atom stereocenters. The summed E-state index contributed by atoms with van der Waals surface area (Å²) < 4.78 is 30.6. The second-order valence-corrected chi connectivity index (χ2v) is 9.72. The minimum absolute atomic E-state index is 0.00448. The molecule has 3 aromatic rings. The summed E-state index contributed by atoms with van der Waals surface area (Å²) in [4.78, 5) is 21.4. The van der Waals surface area contributed by atoms with Crippen LogP contribution >= 0.6 is 0 Å². The third kappa shape index (κ3) is 4.29. The van der Waals surface area contributed by atoms with Crippen LogP contribution < -0.4 is 9.62 Å². The van der Waals surface area contributed by atoms with Gasteiger partial charge in [0.15, 0.2) is 0 Å². The van der Waals surface area contributed by atoms with Crippen molar-refractivity contribution in [3.63, 3.8) is 0 Å². The highest BCUT2D eigenvalue weighted by molar-refractivity contribution is 7.92. The highest BCUT2D eigenvalue weighted by Gasteiger charge is 2.29. The van der Waals surface area contributed by atoms with Gasteiger partial charge in [0.1, 0.15) is 6.04 Å². The van der Waals surface area contributed by atoms with Crippen LogP contribution in [0, 0.1) is 5.92 Å². The van der Waals surface area contributed by atoms with Crippen LogP contribution in [0.4, 0.5) is 5.69 Å². The summed E-state index contributed by atoms with van der Waals surface area (Å²) in [5.74, 6) is 0.461. The van der Waals surface area contributed by atoms with E-state index in [0.717, 1.165) is 11.1 Å². The number of carbonyl (C=O) groups excluding carboxylic acids is 1. The fraction of sp³-hybridized carbons (Fsp3) is 0.333. The van der Waals surface area contributed by atoms with Crippen molar-refractivity contribution in [2.24, 2.45) is 5.92 Å². The van der Waals surface area contributed by atoms with E-state index in [4.69, 9.17) is 4.52 Å². The summed E-state index contributed by atoms with van der Waals surface area (Å²) >= 11 is 0. The number of hydrogen-bond acceptors (Lipinski definition) is 7. The summed E-state index contributed by atoms with van der Waals surface area (Å²) in [6, 6.07) is 8.13. The lowest BCUT2D eigenvalue weighted by Gasteiger charge is -2.19. The number of nitrogens with one attached hydrogen (secondary N) is 1. The number of carbonyl (C=O) groups is 1. The Morgan fingerprint density at radius 2 is 1.94 bits per heavy atom. The smallest absolute Gasteiger partial charge is 0.251 e. The topological polar surface area (TPSA) is 118 Å². The Kier molecular flexibility index (Phi) is 5.48. The quantitative estimate of drug-likeness (QED) is 0.624. The van der Waals surface area contributed by atoms with E-state index in [1.54, 1.807) is 42.7 Å². The van der Waals surface area contributed by atoms with Crippen LogP contribution in [0.1, 0.15) is 41.7 Å². The molecule has 1 aliphatic heterocycles. The van der Waals surface area contributed by atoms with Crippen molar-refractivity contribution in [2.45, 2.75) is 26.3 Å². The first kappa shape index (κ1) is 21.0. The highest BCUT2D eigenvalue weighted by Crippen LogP contribution is 2.31. The van der Waals surface area contributed by atoms with Crippen LogP contribution in [0.15, 0.2) is 47.2 Å². The van der Waals surface area contributed by atoms with E-state index in [1.807, 2.05) is 13.8 Å². The molecular formula is C21H23N5O4S. The van der Waals surface area contributed by atoms with Gasteiger partial charge in [-0.2, -0.15) is 4.98 Å². The molecule has 0 saturated heterocycles. The number of pyridine rings is 1. The molecule has 3 heterocycles. The Balaban J connectivity index is 1.55. The second-order valence-electron chi connectivity index (χ2n) is 7.82. The molecule has 0 bridgehead atoms. The number of rotatable bonds is 6. The lowest BCUT2D eigenvalue weighted by molar-refractivity contribution is 0.0914. The number of amides is 1. The number of fused-ring (bicyclic) bond motifs is 1. The standard InChI is InChI=1S/C21H23N5O4S/c1-13(2)18(21-24-19(25-30-21)14-6-9-22-10-7-14)23-20(27)16-4-5-17-15(12-16)8-11-26(17)31(3,28)29/h4-7,9-10,12-13,18H,8,11H2,1-3H3,(H,23,27). The fourth-order valence-electron chi connectivity index (χ4n) is 3.58. The van der Waals surface area contributed by atoms with Gasteiger partial charge in [0.05, 0.1) is 11.9 Å². The average molecular weight is 442 g/mol. The van der Waals surface area contributed by atoms with Crippen LogP contribution in [0.25, 0.3) is 11.4 Å². The molecular weight excluding hydrogens is 418 g/mol. The first-order valence-electron chi connectivity index (χ1n) is 9.89. The van der Waals surface area contributed by atoms with Gasteiger partial charge in [0.25, 0.3) is 5.91 Å².